The molecular weight excluding hydrogens is 264 g/mol. The van der Waals surface area contributed by atoms with Gasteiger partial charge in [0.25, 0.3) is 0 Å². The number of rotatable bonds is 7. The highest BCUT2D eigenvalue weighted by atomic mass is 32.2. The number of hydrogen-bond donors (Lipinski definition) is 2. The van der Waals surface area contributed by atoms with Crippen molar-refractivity contribution in [2.45, 2.75) is 5.75 Å². The summed E-state index contributed by atoms with van der Waals surface area (Å²) in [7, 11) is 1.55. The summed E-state index contributed by atoms with van der Waals surface area (Å²) < 4.78 is 4.78. The Morgan fingerprint density at radius 2 is 2.00 bits per heavy atom. The molecule has 1 rings (SSSR count). The van der Waals surface area contributed by atoms with E-state index in [1.165, 1.54) is 11.8 Å². The van der Waals surface area contributed by atoms with Crippen LogP contribution in [0.3, 0.4) is 0 Å². The Morgan fingerprint density at radius 1 is 1.26 bits per heavy atom. The Morgan fingerprint density at radius 3 is 2.68 bits per heavy atom. The number of methoxy groups -OCH3 is 1. The Labute approximate surface area is 117 Å². The molecule has 19 heavy (non-hydrogen) atoms. The summed E-state index contributed by atoms with van der Waals surface area (Å²) in [6, 6.07) is 9.39. The van der Waals surface area contributed by atoms with E-state index in [9.17, 15) is 9.59 Å². The molecule has 2 N–H and O–H groups in total. The summed E-state index contributed by atoms with van der Waals surface area (Å²) in [4.78, 5) is 22.7. The van der Waals surface area contributed by atoms with E-state index in [1.807, 2.05) is 30.3 Å². The second kappa shape index (κ2) is 9.41. The van der Waals surface area contributed by atoms with Gasteiger partial charge in [0.05, 0.1) is 12.4 Å². The first-order chi connectivity index (χ1) is 9.22. The maximum absolute atomic E-state index is 11.5. The normalized spacial score (nSPS) is 9.95. The van der Waals surface area contributed by atoms with Crippen LogP contribution in [0.1, 0.15) is 5.56 Å². The molecule has 5 nitrogen and oxygen atoms in total. The van der Waals surface area contributed by atoms with Crippen LogP contribution in [0.4, 0.5) is 4.79 Å². The molecule has 0 radical (unpaired) electrons. The van der Waals surface area contributed by atoms with Gasteiger partial charge in [0, 0.05) is 19.4 Å². The molecule has 0 aliphatic heterocycles. The average Bonchev–Trinajstić information content (AvgIpc) is 2.40. The van der Waals surface area contributed by atoms with Gasteiger partial charge in [-0.1, -0.05) is 30.3 Å². The lowest BCUT2D eigenvalue weighted by Gasteiger charge is -2.06. The molecule has 0 spiro atoms. The van der Waals surface area contributed by atoms with Gasteiger partial charge in [-0.2, -0.15) is 0 Å². The number of urea groups is 1. The third-order valence-corrected chi connectivity index (χ3v) is 3.19. The number of thioether (sulfide) groups is 1. The van der Waals surface area contributed by atoms with Crippen LogP contribution in [0, 0.1) is 0 Å². The van der Waals surface area contributed by atoms with Crippen LogP contribution >= 0.6 is 11.8 Å². The molecule has 6 heteroatoms. The molecule has 0 aliphatic carbocycles. The van der Waals surface area contributed by atoms with Gasteiger partial charge in [-0.15, -0.1) is 11.8 Å². The summed E-state index contributed by atoms with van der Waals surface area (Å²) in [5.74, 6) is 0.711. The minimum absolute atomic E-state index is 0.257. The third kappa shape index (κ3) is 7.48. The van der Waals surface area contributed by atoms with Crippen LogP contribution in [0.25, 0.3) is 0 Å². The van der Waals surface area contributed by atoms with Crippen molar-refractivity contribution < 1.29 is 14.3 Å². The first-order valence-electron chi connectivity index (χ1n) is 5.90. The number of benzene rings is 1. The van der Waals surface area contributed by atoms with Crippen LogP contribution < -0.4 is 10.6 Å². The predicted molar refractivity (Wildman–Crippen MR) is 76.0 cm³/mol. The lowest BCUT2D eigenvalue weighted by molar-refractivity contribution is -0.117. The van der Waals surface area contributed by atoms with Gasteiger partial charge < -0.3 is 10.1 Å². The van der Waals surface area contributed by atoms with Crippen LogP contribution in [0.5, 0.6) is 0 Å². The summed E-state index contributed by atoms with van der Waals surface area (Å²) in [5.41, 5.74) is 1.16. The van der Waals surface area contributed by atoms with E-state index < -0.39 is 6.03 Å². The fourth-order valence-corrected chi connectivity index (χ4v) is 2.10. The Balaban J connectivity index is 2.12. The zero-order chi connectivity index (χ0) is 13.9. The second-order valence-electron chi connectivity index (χ2n) is 3.78. The molecule has 0 heterocycles. The van der Waals surface area contributed by atoms with E-state index in [2.05, 4.69) is 10.6 Å². The lowest BCUT2D eigenvalue weighted by atomic mass is 10.2. The first kappa shape index (κ1) is 15.5. The van der Waals surface area contributed by atoms with Crippen molar-refractivity contribution in [3.8, 4) is 0 Å². The van der Waals surface area contributed by atoms with Gasteiger partial charge in [0.2, 0.25) is 5.91 Å². The van der Waals surface area contributed by atoms with E-state index >= 15 is 0 Å². The zero-order valence-electron chi connectivity index (χ0n) is 10.8. The molecule has 0 aromatic heterocycles. The molecular formula is C13H18N2O3S. The maximum atomic E-state index is 11.5. The quantitative estimate of drug-likeness (QED) is 0.742. The molecule has 0 aliphatic rings. The number of ether oxygens (including phenoxy) is 1. The van der Waals surface area contributed by atoms with Crippen molar-refractivity contribution in [2.75, 3.05) is 26.0 Å². The minimum Gasteiger partial charge on any atom is -0.383 e. The maximum Gasteiger partial charge on any atom is 0.321 e. The van der Waals surface area contributed by atoms with Crippen molar-refractivity contribution in [3.05, 3.63) is 35.9 Å². The van der Waals surface area contributed by atoms with Crippen LogP contribution in [-0.4, -0.2) is 38.0 Å². The van der Waals surface area contributed by atoms with E-state index in [-0.39, 0.29) is 11.7 Å². The van der Waals surface area contributed by atoms with E-state index in [4.69, 9.17) is 4.74 Å². The number of nitrogens with one attached hydrogen (secondary N) is 2. The molecule has 0 bridgehead atoms. The van der Waals surface area contributed by atoms with Gasteiger partial charge in [0.1, 0.15) is 0 Å². The number of imide groups is 1. The average molecular weight is 282 g/mol. The molecule has 3 amide bonds. The largest absolute Gasteiger partial charge is 0.383 e. The van der Waals surface area contributed by atoms with E-state index in [1.54, 1.807) is 7.11 Å². The lowest BCUT2D eigenvalue weighted by Crippen LogP contribution is -2.41. The van der Waals surface area contributed by atoms with Crippen molar-refractivity contribution in [1.82, 2.24) is 10.6 Å². The van der Waals surface area contributed by atoms with Gasteiger partial charge >= 0.3 is 6.03 Å². The van der Waals surface area contributed by atoms with Crippen molar-refractivity contribution >= 4 is 23.7 Å². The third-order valence-electron chi connectivity index (χ3n) is 2.19. The van der Waals surface area contributed by atoms with E-state index in [0.717, 1.165) is 11.3 Å². The van der Waals surface area contributed by atoms with Gasteiger partial charge in [-0.3, -0.25) is 10.1 Å². The highest BCUT2D eigenvalue weighted by Gasteiger charge is 2.06. The standard InChI is InChI=1S/C13H18N2O3S/c1-18-8-7-14-13(17)15-12(16)10-19-9-11-5-3-2-4-6-11/h2-6H,7-10H2,1H3,(H2,14,15,16,17). The fourth-order valence-electron chi connectivity index (χ4n) is 1.31. The fraction of sp³-hybridized carbons (Fsp3) is 0.385. The summed E-state index contributed by atoms with van der Waals surface area (Å²) in [6.45, 7) is 0.803. The van der Waals surface area contributed by atoms with Crippen molar-refractivity contribution in [2.24, 2.45) is 0 Å². The highest BCUT2D eigenvalue weighted by molar-refractivity contribution is 7.99. The summed E-state index contributed by atoms with van der Waals surface area (Å²) >= 11 is 1.47. The zero-order valence-corrected chi connectivity index (χ0v) is 11.7. The van der Waals surface area contributed by atoms with Gasteiger partial charge in [-0.05, 0) is 5.56 Å². The molecule has 1 aromatic carbocycles. The number of carbonyl (C=O) groups is 2. The summed E-state index contributed by atoms with van der Waals surface area (Å²) in [6.07, 6.45) is 0. The topological polar surface area (TPSA) is 67.4 Å². The molecule has 0 atom stereocenters. The monoisotopic (exact) mass is 282 g/mol. The number of amides is 3. The predicted octanol–water partition coefficient (Wildman–Crippen LogP) is 1.39. The van der Waals surface area contributed by atoms with Crippen molar-refractivity contribution in [3.63, 3.8) is 0 Å². The van der Waals surface area contributed by atoms with Crippen LogP contribution in [-0.2, 0) is 15.3 Å². The number of hydrogen-bond acceptors (Lipinski definition) is 4. The second-order valence-corrected chi connectivity index (χ2v) is 4.76. The van der Waals surface area contributed by atoms with Crippen LogP contribution in [0.15, 0.2) is 30.3 Å². The smallest absolute Gasteiger partial charge is 0.321 e. The highest BCUT2D eigenvalue weighted by Crippen LogP contribution is 2.10. The molecule has 0 unspecified atom stereocenters. The summed E-state index contributed by atoms with van der Waals surface area (Å²) in [5, 5.41) is 4.78. The molecule has 104 valence electrons. The number of carbonyl (C=O) groups excluding carboxylic acids is 2. The van der Waals surface area contributed by atoms with E-state index in [0.29, 0.717) is 13.2 Å². The minimum atomic E-state index is -0.484. The Bertz CT molecular complexity index is 398. The van der Waals surface area contributed by atoms with Gasteiger partial charge in [-0.25, -0.2) is 4.79 Å². The Hall–Kier alpha value is -1.53. The van der Waals surface area contributed by atoms with Gasteiger partial charge in [0.15, 0.2) is 0 Å². The van der Waals surface area contributed by atoms with Crippen LogP contribution in [0.2, 0.25) is 0 Å². The Kier molecular flexibility index (Phi) is 7.69. The molecule has 0 saturated carbocycles. The van der Waals surface area contributed by atoms with Crippen molar-refractivity contribution in [1.29, 1.82) is 0 Å². The molecule has 0 fully saturated rings. The SMILES string of the molecule is COCCNC(=O)NC(=O)CSCc1ccccc1. The first-order valence-corrected chi connectivity index (χ1v) is 7.06. The molecule has 1 aromatic rings. The molecule has 0 saturated heterocycles.